The van der Waals surface area contributed by atoms with Crippen molar-refractivity contribution in [2.75, 3.05) is 0 Å². The van der Waals surface area contributed by atoms with Gasteiger partial charge in [-0.05, 0) is 75.9 Å². The largest absolute Gasteiger partial charge is 0.448 e. The van der Waals surface area contributed by atoms with E-state index in [-0.39, 0.29) is 0 Å². The molecule has 2 nitrogen and oxygen atoms in total. The van der Waals surface area contributed by atoms with Crippen LogP contribution >= 0.6 is 63.7 Å². The molecule has 1 aliphatic rings. The van der Waals surface area contributed by atoms with Gasteiger partial charge in [0, 0.05) is 0 Å². The zero-order chi connectivity index (χ0) is 12.9. The third-order valence-electron chi connectivity index (χ3n) is 2.46. The molecule has 0 atom stereocenters. The molecular formula is C12H4Br4O2. The summed E-state index contributed by atoms with van der Waals surface area (Å²) in [5.41, 5.74) is 0. The van der Waals surface area contributed by atoms with Crippen molar-refractivity contribution < 1.29 is 9.47 Å². The van der Waals surface area contributed by atoms with Gasteiger partial charge in [-0.25, -0.2) is 0 Å². The van der Waals surface area contributed by atoms with E-state index in [0.717, 1.165) is 17.9 Å². The molecular weight excluding hydrogens is 496 g/mol. The number of hydrogen-bond donors (Lipinski definition) is 0. The molecule has 0 saturated heterocycles. The van der Waals surface area contributed by atoms with Crippen LogP contribution in [-0.4, -0.2) is 0 Å². The van der Waals surface area contributed by atoms with Crippen LogP contribution in [0.25, 0.3) is 0 Å². The summed E-state index contributed by atoms with van der Waals surface area (Å²) >= 11 is 14.0. The van der Waals surface area contributed by atoms with Crippen LogP contribution in [0.5, 0.6) is 23.0 Å². The van der Waals surface area contributed by atoms with Gasteiger partial charge in [0.15, 0.2) is 23.0 Å². The van der Waals surface area contributed by atoms with Gasteiger partial charge < -0.3 is 9.47 Å². The van der Waals surface area contributed by atoms with Crippen molar-refractivity contribution in [3.63, 3.8) is 0 Å². The lowest BCUT2D eigenvalue weighted by molar-refractivity contribution is 0.355. The van der Waals surface area contributed by atoms with E-state index in [1.165, 1.54) is 0 Å². The number of rotatable bonds is 0. The van der Waals surface area contributed by atoms with E-state index in [1.54, 1.807) is 0 Å². The standard InChI is InChI=1S/C12H4Br4O2/c13-7-8(14)10(16)12-11(9(7)15)17-5-3-1-2-4-6(5)18-12/h1-4H. The maximum Gasteiger partial charge on any atom is 0.186 e. The van der Waals surface area contributed by atoms with Crippen molar-refractivity contribution in [3.05, 3.63) is 42.2 Å². The quantitative estimate of drug-likeness (QED) is 0.255. The molecule has 0 amide bonds. The second-order valence-electron chi connectivity index (χ2n) is 3.57. The summed E-state index contributed by atoms with van der Waals surface area (Å²) in [7, 11) is 0. The molecule has 0 fully saturated rings. The fourth-order valence-electron chi connectivity index (χ4n) is 1.61. The van der Waals surface area contributed by atoms with Crippen LogP contribution in [-0.2, 0) is 0 Å². The highest BCUT2D eigenvalue weighted by Gasteiger charge is 2.27. The molecule has 3 rings (SSSR count). The molecule has 0 bridgehead atoms. The van der Waals surface area contributed by atoms with Crippen molar-refractivity contribution in [2.24, 2.45) is 0 Å². The molecule has 18 heavy (non-hydrogen) atoms. The van der Waals surface area contributed by atoms with Crippen LogP contribution in [0.3, 0.4) is 0 Å². The lowest BCUT2D eigenvalue weighted by atomic mass is 10.2. The van der Waals surface area contributed by atoms with Gasteiger partial charge in [-0.1, -0.05) is 12.1 Å². The molecule has 92 valence electrons. The highest BCUT2D eigenvalue weighted by molar-refractivity contribution is 9.15. The average Bonchev–Trinajstić information content (AvgIpc) is 2.41. The summed E-state index contributed by atoms with van der Waals surface area (Å²) < 4.78 is 15.1. The van der Waals surface area contributed by atoms with E-state index in [4.69, 9.17) is 9.47 Å². The summed E-state index contributed by atoms with van der Waals surface area (Å²) in [6, 6.07) is 7.55. The third kappa shape index (κ3) is 1.94. The Morgan fingerprint density at radius 3 is 1.39 bits per heavy atom. The molecule has 0 radical (unpaired) electrons. The molecule has 6 heteroatoms. The Morgan fingerprint density at radius 2 is 1.00 bits per heavy atom. The first-order valence-electron chi connectivity index (χ1n) is 4.90. The third-order valence-corrected chi connectivity index (χ3v) is 7.15. The van der Waals surface area contributed by atoms with Crippen LogP contribution < -0.4 is 9.47 Å². The first-order chi connectivity index (χ1) is 8.59. The van der Waals surface area contributed by atoms with Crippen LogP contribution in [0, 0.1) is 0 Å². The molecule has 0 aromatic heterocycles. The molecule has 0 saturated carbocycles. The number of fused-ring (bicyclic) bond motifs is 2. The number of halogens is 4. The maximum atomic E-state index is 5.87. The molecule has 0 aliphatic carbocycles. The van der Waals surface area contributed by atoms with Gasteiger partial charge in [0.25, 0.3) is 0 Å². The Bertz CT molecular complexity index is 599. The van der Waals surface area contributed by atoms with Crippen molar-refractivity contribution in [3.8, 4) is 23.0 Å². The van der Waals surface area contributed by atoms with Gasteiger partial charge in [-0.3, -0.25) is 0 Å². The average molecular weight is 500 g/mol. The smallest absolute Gasteiger partial charge is 0.186 e. The van der Waals surface area contributed by atoms with Gasteiger partial charge in [-0.15, -0.1) is 0 Å². The molecule has 2 aromatic rings. The summed E-state index contributed by atoms with van der Waals surface area (Å²) in [5, 5.41) is 0. The number of benzene rings is 2. The zero-order valence-electron chi connectivity index (χ0n) is 8.64. The van der Waals surface area contributed by atoms with E-state index >= 15 is 0 Å². The highest BCUT2D eigenvalue weighted by Crippen LogP contribution is 2.56. The van der Waals surface area contributed by atoms with Crippen LogP contribution in [0.2, 0.25) is 0 Å². The van der Waals surface area contributed by atoms with Gasteiger partial charge in [0.2, 0.25) is 0 Å². The summed E-state index contributed by atoms with van der Waals surface area (Å²) in [6.07, 6.45) is 0. The first kappa shape index (κ1) is 13.0. The first-order valence-corrected chi connectivity index (χ1v) is 8.07. The fraction of sp³-hybridized carbons (Fsp3) is 0. The van der Waals surface area contributed by atoms with E-state index < -0.39 is 0 Å². The predicted octanol–water partition coefficient (Wildman–Crippen LogP) is 6.63. The Morgan fingerprint density at radius 1 is 0.611 bits per heavy atom. The van der Waals surface area contributed by atoms with Crippen molar-refractivity contribution in [1.29, 1.82) is 0 Å². The Labute approximate surface area is 137 Å². The minimum atomic E-state index is 0.649. The SMILES string of the molecule is Brc1c(Br)c(Br)c2c(c1Br)Oc1ccccc1O2. The Kier molecular flexibility index (Phi) is 3.47. The molecule has 1 heterocycles. The van der Waals surface area contributed by atoms with Crippen LogP contribution in [0.1, 0.15) is 0 Å². The number of para-hydroxylation sites is 2. The topological polar surface area (TPSA) is 18.5 Å². The summed E-state index contributed by atoms with van der Waals surface area (Å²) in [6.45, 7) is 0. The lowest BCUT2D eigenvalue weighted by Crippen LogP contribution is -2.01. The van der Waals surface area contributed by atoms with Crippen molar-refractivity contribution in [2.45, 2.75) is 0 Å². The Hall–Kier alpha value is -0.0400. The normalized spacial score (nSPS) is 12.2. The zero-order valence-corrected chi connectivity index (χ0v) is 15.0. The maximum absolute atomic E-state index is 5.87. The molecule has 0 N–H and O–H groups in total. The van der Waals surface area contributed by atoms with Gasteiger partial charge in [-0.2, -0.15) is 0 Å². The minimum absolute atomic E-state index is 0.649. The molecule has 0 unspecified atom stereocenters. The predicted molar refractivity (Wildman–Crippen MR) is 83.8 cm³/mol. The second kappa shape index (κ2) is 4.81. The van der Waals surface area contributed by atoms with Crippen molar-refractivity contribution in [1.82, 2.24) is 0 Å². The summed E-state index contributed by atoms with van der Waals surface area (Å²) in [5.74, 6) is 2.70. The lowest BCUT2D eigenvalue weighted by Gasteiger charge is -2.23. The second-order valence-corrected chi connectivity index (χ2v) is 6.74. The summed E-state index contributed by atoms with van der Waals surface area (Å²) in [4.78, 5) is 0. The van der Waals surface area contributed by atoms with E-state index in [9.17, 15) is 0 Å². The van der Waals surface area contributed by atoms with Crippen LogP contribution in [0.4, 0.5) is 0 Å². The van der Waals surface area contributed by atoms with Crippen LogP contribution in [0.15, 0.2) is 42.2 Å². The van der Waals surface area contributed by atoms with Crippen molar-refractivity contribution >= 4 is 63.7 Å². The molecule has 2 aromatic carbocycles. The highest BCUT2D eigenvalue weighted by atomic mass is 79.9. The Balaban J connectivity index is 2.25. The number of ether oxygens (including phenoxy) is 2. The minimum Gasteiger partial charge on any atom is -0.448 e. The fourth-order valence-corrected chi connectivity index (χ4v) is 3.82. The van der Waals surface area contributed by atoms with E-state index in [2.05, 4.69) is 63.7 Å². The monoisotopic (exact) mass is 496 g/mol. The van der Waals surface area contributed by atoms with Gasteiger partial charge in [0.05, 0.1) is 17.9 Å². The molecule has 1 aliphatic heterocycles. The molecule has 0 spiro atoms. The van der Waals surface area contributed by atoms with Gasteiger partial charge in [0.1, 0.15) is 0 Å². The van der Waals surface area contributed by atoms with Gasteiger partial charge >= 0.3 is 0 Å². The number of hydrogen-bond acceptors (Lipinski definition) is 2. The van der Waals surface area contributed by atoms with E-state index in [0.29, 0.717) is 23.0 Å². The van der Waals surface area contributed by atoms with E-state index in [1.807, 2.05) is 24.3 Å².